The second-order valence-electron chi connectivity index (χ2n) is 6.75. The van der Waals surface area contributed by atoms with Gasteiger partial charge in [0, 0.05) is 25.8 Å². The number of hydrogen-bond acceptors (Lipinski definition) is 6. The van der Waals surface area contributed by atoms with Crippen LogP contribution in [-0.4, -0.2) is 47.0 Å². The minimum absolute atomic E-state index is 0.00170. The molecule has 0 aliphatic rings. The van der Waals surface area contributed by atoms with Gasteiger partial charge < -0.3 is 14.1 Å². The smallest absolute Gasteiger partial charge is 0.277 e. The van der Waals surface area contributed by atoms with Crippen LogP contribution >= 0.6 is 11.8 Å². The fourth-order valence-electron chi connectivity index (χ4n) is 2.77. The van der Waals surface area contributed by atoms with E-state index in [1.54, 1.807) is 12.0 Å². The quantitative estimate of drug-likeness (QED) is 0.494. The minimum atomic E-state index is 0.00170. The Kier molecular flexibility index (Phi) is 7.43. The van der Waals surface area contributed by atoms with E-state index in [0.717, 1.165) is 11.1 Å². The van der Waals surface area contributed by atoms with Crippen molar-refractivity contribution in [1.29, 1.82) is 0 Å². The first-order valence-electron chi connectivity index (χ1n) is 9.41. The van der Waals surface area contributed by atoms with E-state index in [2.05, 4.69) is 17.1 Å². The van der Waals surface area contributed by atoms with Crippen molar-refractivity contribution in [3.05, 3.63) is 65.2 Å². The molecule has 1 heterocycles. The zero-order chi connectivity index (χ0) is 20.6. The summed E-state index contributed by atoms with van der Waals surface area (Å²) < 4.78 is 10.9. The largest absolute Gasteiger partial charge is 0.411 e. The highest BCUT2D eigenvalue weighted by atomic mass is 32.2. The van der Waals surface area contributed by atoms with E-state index in [1.165, 1.54) is 22.9 Å². The fraction of sp³-hybridized carbons (Fsp3) is 0.318. The van der Waals surface area contributed by atoms with Crippen molar-refractivity contribution in [2.45, 2.75) is 25.6 Å². The monoisotopic (exact) mass is 411 g/mol. The molecule has 0 saturated carbocycles. The molecular weight excluding hydrogens is 386 g/mol. The maximum atomic E-state index is 12.7. The number of ether oxygens (including phenoxy) is 1. The first-order chi connectivity index (χ1) is 14.1. The van der Waals surface area contributed by atoms with Gasteiger partial charge >= 0.3 is 0 Å². The summed E-state index contributed by atoms with van der Waals surface area (Å²) in [6.45, 7) is 5.67. The lowest BCUT2D eigenvalue weighted by Crippen LogP contribution is -2.34. The number of hydrogen-bond donors (Lipinski definition) is 0. The molecule has 0 saturated heterocycles. The van der Waals surface area contributed by atoms with Crippen LogP contribution in [0.4, 0.5) is 0 Å². The second-order valence-corrected chi connectivity index (χ2v) is 7.68. The maximum absolute atomic E-state index is 12.7. The Morgan fingerprint density at radius 3 is 2.62 bits per heavy atom. The van der Waals surface area contributed by atoms with Crippen LogP contribution in [0, 0.1) is 13.8 Å². The predicted molar refractivity (Wildman–Crippen MR) is 114 cm³/mol. The number of nitrogens with zero attached hydrogens (tertiary/aromatic N) is 3. The Balaban J connectivity index is 1.62. The molecule has 7 heteroatoms. The van der Waals surface area contributed by atoms with Crippen LogP contribution in [0.25, 0.3) is 11.5 Å². The average Bonchev–Trinajstić information content (AvgIpc) is 3.21. The second kappa shape index (κ2) is 10.2. The van der Waals surface area contributed by atoms with Crippen LogP contribution < -0.4 is 0 Å². The van der Waals surface area contributed by atoms with Gasteiger partial charge in [0.2, 0.25) is 11.8 Å². The number of thioether (sulfide) groups is 1. The number of carbonyl (C=O) groups is 1. The molecule has 0 N–H and O–H groups in total. The Hall–Kier alpha value is -2.64. The first-order valence-corrected chi connectivity index (χ1v) is 10.4. The molecule has 0 spiro atoms. The van der Waals surface area contributed by atoms with Crippen molar-refractivity contribution >= 4 is 17.7 Å². The molecule has 3 rings (SSSR count). The van der Waals surface area contributed by atoms with Crippen LogP contribution in [0.2, 0.25) is 0 Å². The van der Waals surface area contributed by atoms with Crippen molar-refractivity contribution in [2.75, 3.05) is 26.0 Å². The lowest BCUT2D eigenvalue weighted by Gasteiger charge is -2.22. The molecule has 29 heavy (non-hydrogen) atoms. The zero-order valence-corrected chi connectivity index (χ0v) is 17.7. The topological polar surface area (TPSA) is 68.5 Å². The van der Waals surface area contributed by atoms with Gasteiger partial charge in [-0.3, -0.25) is 4.79 Å². The Morgan fingerprint density at radius 2 is 1.90 bits per heavy atom. The predicted octanol–water partition coefficient (Wildman–Crippen LogP) is 4.12. The molecule has 152 valence electrons. The SMILES string of the molecule is COCCN(Cc1ccccc1)C(=O)CSc1nnc(-c2ccc(C)c(C)c2)o1. The first kappa shape index (κ1) is 21.1. The standard InChI is InChI=1S/C22H25N3O3S/c1-16-9-10-19(13-17(16)2)21-23-24-22(28-21)29-15-20(26)25(11-12-27-3)14-18-7-5-4-6-8-18/h4-10,13H,11-12,14-15H2,1-3H3. The van der Waals surface area contributed by atoms with E-state index < -0.39 is 0 Å². The molecule has 0 bridgehead atoms. The van der Waals surface area contributed by atoms with Gasteiger partial charge in [-0.25, -0.2) is 0 Å². The van der Waals surface area contributed by atoms with Crippen molar-refractivity contribution in [2.24, 2.45) is 0 Å². The normalized spacial score (nSPS) is 10.9. The maximum Gasteiger partial charge on any atom is 0.277 e. The van der Waals surface area contributed by atoms with Gasteiger partial charge in [0.1, 0.15) is 0 Å². The summed E-state index contributed by atoms with van der Waals surface area (Å²) in [5, 5.41) is 8.57. The molecule has 0 unspecified atom stereocenters. The molecule has 1 amide bonds. The van der Waals surface area contributed by atoms with E-state index in [9.17, 15) is 4.79 Å². The molecule has 1 aromatic heterocycles. The van der Waals surface area contributed by atoms with Crippen molar-refractivity contribution < 1.29 is 13.9 Å². The number of methoxy groups -OCH3 is 1. The van der Waals surface area contributed by atoms with Gasteiger partial charge in [-0.2, -0.15) is 0 Å². The van der Waals surface area contributed by atoms with Gasteiger partial charge in [-0.15, -0.1) is 10.2 Å². The molecule has 0 fully saturated rings. The summed E-state index contributed by atoms with van der Waals surface area (Å²) in [6.07, 6.45) is 0. The summed E-state index contributed by atoms with van der Waals surface area (Å²) >= 11 is 1.25. The van der Waals surface area contributed by atoms with Gasteiger partial charge in [-0.1, -0.05) is 48.2 Å². The van der Waals surface area contributed by atoms with Crippen LogP contribution in [0.5, 0.6) is 0 Å². The zero-order valence-electron chi connectivity index (χ0n) is 16.9. The molecule has 3 aromatic rings. The minimum Gasteiger partial charge on any atom is -0.411 e. The molecule has 0 atom stereocenters. The van der Waals surface area contributed by atoms with E-state index >= 15 is 0 Å². The van der Waals surface area contributed by atoms with E-state index in [-0.39, 0.29) is 11.7 Å². The number of amides is 1. The van der Waals surface area contributed by atoms with Crippen molar-refractivity contribution in [1.82, 2.24) is 15.1 Å². The van der Waals surface area contributed by atoms with Gasteiger partial charge in [0.25, 0.3) is 5.22 Å². The van der Waals surface area contributed by atoms with Crippen LogP contribution in [0.15, 0.2) is 58.2 Å². The molecule has 0 radical (unpaired) electrons. The molecule has 6 nitrogen and oxygen atoms in total. The van der Waals surface area contributed by atoms with Gasteiger partial charge in [0.15, 0.2) is 0 Å². The average molecular weight is 412 g/mol. The highest BCUT2D eigenvalue weighted by Gasteiger charge is 2.17. The third-order valence-corrected chi connectivity index (χ3v) is 5.42. The van der Waals surface area contributed by atoms with E-state index in [0.29, 0.717) is 30.8 Å². The highest BCUT2D eigenvalue weighted by Crippen LogP contribution is 2.25. The number of carbonyl (C=O) groups excluding carboxylic acids is 1. The summed E-state index contributed by atoms with van der Waals surface area (Å²) in [6, 6.07) is 15.9. The third-order valence-electron chi connectivity index (χ3n) is 4.61. The Labute approximate surface area is 175 Å². The number of rotatable bonds is 9. The third kappa shape index (κ3) is 5.92. The molecule has 0 aliphatic carbocycles. The Bertz CT molecular complexity index is 943. The molecule has 2 aromatic carbocycles. The summed E-state index contributed by atoms with van der Waals surface area (Å²) in [5.41, 5.74) is 4.34. The fourth-order valence-corrected chi connectivity index (χ4v) is 3.44. The van der Waals surface area contributed by atoms with Crippen molar-refractivity contribution in [3.63, 3.8) is 0 Å². The lowest BCUT2D eigenvalue weighted by molar-refractivity contribution is -0.129. The lowest BCUT2D eigenvalue weighted by atomic mass is 10.1. The number of benzene rings is 2. The Morgan fingerprint density at radius 1 is 1.10 bits per heavy atom. The number of aryl methyl sites for hydroxylation is 2. The number of aromatic nitrogens is 2. The van der Waals surface area contributed by atoms with E-state index in [1.807, 2.05) is 55.5 Å². The van der Waals surface area contributed by atoms with Gasteiger partial charge in [0.05, 0.1) is 12.4 Å². The summed E-state index contributed by atoms with van der Waals surface area (Å²) in [7, 11) is 1.63. The van der Waals surface area contributed by atoms with Gasteiger partial charge in [-0.05, 0) is 42.7 Å². The highest BCUT2D eigenvalue weighted by molar-refractivity contribution is 7.99. The van der Waals surface area contributed by atoms with Crippen LogP contribution in [-0.2, 0) is 16.1 Å². The summed E-state index contributed by atoms with van der Waals surface area (Å²) in [5.74, 6) is 0.691. The van der Waals surface area contributed by atoms with Crippen LogP contribution in [0.3, 0.4) is 0 Å². The van der Waals surface area contributed by atoms with E-state index in [4.69, 9.17) is 9.15 Å². The summed E-state index contributed by atoms with van der Waals surface area (Å²) in [4.78, 5) is 14.5. The van der Waals surface area contributed by atoms with Crippen LogP contribution in [0.1, 0.15) is 16.7 Å². The van der Waals surface area contributed by atoms with Crippen molar-refractivity contribution in [3.8, 4) is 11.5 Å². The molecular formula is C22H25N3O3S. The molecule has 0 aliphatic heterocycles.